The zero-order valence-electron chi connectivity index (χ0n) is 8.54. The summed E-state index contributed by atoms with van der Waals surface area (Å²) in [7, 11) is 0. The van der Waals surface area contributed by atoms with E-state index in [9.17, 15) is 9.18 Å². The lowest BCUT2D eigenvalue weighted by molar-refractivity contribution is 0.152. The van der Waals surface area contributed by atoms with Gasteiger partial charge in [-0.15, -0.1) is 0 Å². The minimum absolute atomic E-state index is 0.281. The molecule has 0 atom stereocenters. The topological polar surface area (TPSA) is 50.7 Å². The van der Waals surface area contributed by atoms with Crippen LogP contribution < -0.4 is 5.43 Å². The number of rotatable bonds is 3. The van der Waals surface area contributed by atoms with Gasteiger partial charge < -0.3 is 4.74 Å². The Labute approximate surface area is 101 Å². The largest absolute Gasteiger partial charge is 0.449 e. The number of halogens is 2. The fourth-order valence-electron chi connectivity index (χ4n) is 0.916. The Morgan fingerprint density at radius 1 is 1.69 bits per heavy atom. The normalized spacial score (nSPS) is 10.4. The maximum atomic E-state index is 12.9. The molecular weight excluding hydrogens is 279 g/mol. The van der Waals surface area contributed by atoms with Crippen LogP contribution in [0.2, 0.25) is 0 Å². The van der Waals surface area contributed by atoms with E-state index >= 15 is 0 Å². The van der Waals surface area contributed by atoms with Crippen molar-refractivity contribution in [3.8, 4) is 0 Å². The molecule has 86 valence electrons. The lowest BCUT2D eigenvalue weighted by atomic mass is 10.2. The van der Waals surface area contributed by atoms with Gasteiger partial charge in [-0.05, 0) is 40.5 Å². The van der Waals surface area contributed by atoms with E-state index in [1.807, 2.05) is 0 Å². The van der Waals surface area contributed by atoms with Crippen LogP contribution in [0.1, 0.15) is 12.5 Å². The van der Waals surface area contributed by atoms with E-state index in [4.69, 9.17) is 0 Å². The molecule has 0 spiro atoms. The summed E-state index contributed by atoms with van der Waals surface area (Å²) >= 11 is 3.04. The second-order valence-corrected chi connectivity index (χ2v) is 3.62. The Hall–Kier alpha value is -1.43. The van der Waals surface area contributed by atoms with E-state index in [1.165, 1.54) is 18.3 Å². The molecule has 0 aliphatic heterocycles. The van der Waals surface area contributed by atoms with Gasteiger partial charge in [0.15, 0.2) is 0 Å². The molecule has 6 heteroatoms. The highest BCUT2D eigenvalue weighted by molar-refractivity contribution is 9.10. The highest BCUT2D eigenvalue weighted by Gasteiger charge is 1.99. The molecule has 0 saturated carbocycles. The van der Waals surface area contributed by atoms with Gasteiger partial charge in [0.25, 0.3) is 0 Å². The Kier molecular flexibility index (Phi) is 4.91. The van der Waals surface area contributed by atoms with Crippen LogP contribution >= 0.6 is 15.9 Å². The number of hydrogen-bond acceptors (Lipinski definition) is 3. The Morgan fingerprint density at radius 2 is 2.44 bits per heavy atom. The van der Waals surface area contributed by atoms with E-state index in [0.717, 1.165) is 0 Å². The Morgan fingerprint density at radius 3 is 3.06 bits per heavy atom. The quantitative estimate of drug-likeness (QED) is 0.687. The van der Waals surface area contributed by atoms with Gasteiger partial charge in [0.2, 0.25) is 0 Å². The third-order valence-corrected chi connectivity index (χ3v) is 2.20. The maximum Gasteiger partial charge on any atom is 0.427 e. The summed E-state index contributed by atoms with van der Waals surface area (Å²) in [6.07, 6.45) is 0.765. The second-order valence-electron chi connectivity index (χ2n) is 2.76. The number of carbonyl (C=O) groups is 1. The van der Waals surface area contributed by atoms with E-state index in [1.54, 1.807) is 13.0 Å². The van der Waals surface area contributed by atoms with Crippen molar-refractivity contribution in [2.24, 2.45) is 5.10 Å². The van der Waals surface area contributed by atoms with Gasteiger partial charge in [-0.3, -0.25) is 0 Å². The van der Waals surface area contributed by atoms with Crippen molar-refractivity contribution < 1.29 is 13.9 Å². The Bertz CT molecular complexity index is 410. The van der Waals surface area contributed by atoms with Crippen LogP contribution in [0, 0.1) is 5.82 Å². The van der Waals surface area contributed by atoms with Gasteiger partial charge in [-0.2, -0.15) is 5.10 Å². The molecule has 0 aromatic heterocycles. The van der Waals surface area contributed by atoms with Gasteiger partial charge in [-0.1, -0.05) is 6.07 Å². The highest BCUT2D eigenvalue weighted by Crippen LogP contribution is 2.15. The molecule has 1 amide bonds. The molecule has 0 aliphatic carbocycles. The predicted molar refractivity (Wildman–Crippen MR) is 61.9 cm³/mol. The summed E-state index contributed by atoms with van der Waals surface area (Å²) in [5, 5.41) is 3.64. The minimum Gasteiger partial charge on any atom is -0.449 e. The first-order valence-electron chi connectivity index (χ1n) is 4.54. The minimum atomic E-state index is -0.625. The molecule has 1 aromatic rings. The molecular formula is C10H10BrFN2O2. The van der Waals surface area contributed by atoms with Gasteiger partial charge >= 0.3 is 6.09 Å². The number of benzene rings is 1. The number of nitrogens with one attached hydrogen (secondary N) is 1. The van der Waals surface area contributed by atoms with Crippen LogP contribution in [0.5, 0.6) is 0 Å². The van der Waals surface area contributed by atoms with Crippen molar-refractivity contribution in [1.82, 2.24) is 5.43 Å². The fourth-order valence-corrected chi connectivity index (χ4v) is 1.31. The van der Waals surface area contributed by atoms with Crippen molar-refractivity contribution in [2.45, 2.75) is 6.92 Å². The average Bonchev–Trinajstić information content (AvgIpc) is 2.24. The number of ether oxygens (including phenoxy) is 1. The highest BCUT2D eigenvalue weighted by atomic mass is 79.9. The van der Waals surface area contributed by atoms with Crippen LogP contribution in [0.3, 0.4) is 0 Å². The summed E-state index contributed by atoms with van der Waals surface area (Å²) in [6.45, 7) is 1.98. The zero-order valence-corrected chi connectivity index (χ0v) is 10.1. The van der Waals surface area contributed by atoms with Crippen LogP contribution in [0.15, 0.2) is 27.8 Å². The van der Waals surface area contributed by atoms with E-state index in [-0.39, 0.29) is 12.4 Å². The molecule has 0 unspecified atom stereocenters. The molecule has 0 aliphatic rings. The first kappa shape index (κ1) is 12.6. The number of hydrogen-bond donors (Lipinski definition) is 1. The zero-order chi connectivity index (χ0) is 12.0. The van der Waals surface area contributed by atoms with Crippen molar-refractivity contribution in [2.75, 3.05) is 6.61 Å². The van der Waals surface area contributed by atoms with Crippen LogP contribution in [0.25, 0.3) is 0 Å². The van der Waals surface area contributed by atoms with Crippen molar-refractivity contribution >= 4 is 28.2 Å². The van der Waals surface area contributed by atoms with Crippen LogP contribution in [0.4, 0.5) is 9.18 Å². The molecule has 1 N–H and O–H groups in total. The van der Waals surface area contributed by atoms with Crippen LogP contribution in [-0.2, 0) is 4.74 Å². The average molecular weight is 289 g/mol. The van der Waals surface area contributed by atoms with Crippen LogP contribution in [-0.4, -0.2) is 18.9 Å². The monoisotopic (exact) mass is 288 g/mol. The van der Waals surface area contributed by atoms with E-state index < -0.39 is 6.09 Å². The standard InChI is InChI=1S/C10H10BrFN2O2/c1-2-16-10(15)14-13-6-7-3-4-9(12)8(11)5-7/h3-6H,2H2,1H3,(H,14,15)/b13-6+. The first-order valence-corrected chi connectivity index (χ1v) is 5.33. The third-order valence-electron chi connectivity index (χ3n) is 1.59. The number of nitrogens with zero attached hydrogens (tertiary/aromatic N) is 1. The summed E-state index contributed by atoms with van der Waals surface area (Å²) in [5.74, 6) is -0.351. The smallest absolute Gasteiger partial charge is 0.427 e. The molecule has 0 bridgehead atoms. The predicted octanol–water partition coefficient (Wildman–Crippen LogP) is 2.67. The summed E-state index contributed by atoms with van der Waals surface area (Å²) < 4.78 is 17.8. The van der Waals surface area contributed by atoms with E-state index in [2.05, 4.69) is 31.2 Å². The molecule has 1 rings (SSSR count). The van der Waals surface area contributed by atoms with Crippen molar-refractivity contribution in [3.63, 3.8) is 0 Å². The van der Waals surface area contributed by atoms with Gasteiger partial charge in [0.05, 0.1) is 17.3 Å². The summed E-state index contributed by atoms with van der Waals surface area (Å²) in [6, 6.07) is 4.39. The SMILES string of the molecule is CCOC(=O)N/N=C/c1ccc(F)c(Br)c1. The van der Waals surface area contributed by atoms with Gasteiger partial charge in [0.1, 0.15) is 5.82 Å². The number of amides is 1. The molecule has 4 nitrogen and oxygen atoms in total. The third kappa shape index (κ3) is 3.98. The first-order chi connectivity index (χ1) is 7.63. The maximum absolute atomic E-state index is 12.9. The fraction of sp³-hybridized carbons (Fsp3) is 0.200. The summed E-state index contributed by atoms with van der Waals surface area (Å²) in [4.78, 5) is 10.8. The molecule has 0 radical (unpaired) electrons. The molecule has 0 heterocycles. The van der Waals surface area contributed by atoms with E-state index in [0.29, 0.717) is 10.0 Å². The second kappa shape index (κ2) is 6.22. The van der Waals surface area contributed by atoms with Gasteiger partial charge in [0, 0.05) is 0 Å². The van der Waals surface area contributed by atoms with Crippen molar-refractivity contribution in [3.05, 3.63) is 34.1 Å². The molecule has 0 fully saturated rings. The van der Waals surface area contributed by atoms with Crippen molar-refractivity contribution in [1.29, 1.82) is 0 Å². The number of hydrazone groups is 1. The lowest BCUT2D eigenvalue weighted by Gasteiger charge is -1.99. The molecule has 1 aromatic carbocycles. The van der Waals surface area contributed by atoms with Gasteiger partial charge in [-0.25, -0.2) is 14.6 Å². The summed E-state index contributed by atoms with van der Waals surface area (Å²) in [5.41, 5.74) is 2.82. The Balaban J connectivity index is 2.56. The molecule has 0 saturated heterocycles. The molecule has 16 heavy (non-hydrogen) atoms. The lowest BCUT2D eigenvalue weighted by Crippen LogP contribution is -2.18. The number of carbonyl (C=O) groups excluding carboxylic acids is 1.